The summed E-state index contributed by atoms with van der Waals surface area (Å²) in [7, 11) is -4.14. The van der Waals surface area contributed by atoms with Crippen molar-refractivity contribution in [3.63, 3.8) is 0 Å². The Hall–Kier alpha value is -4.43. The van der Waals surface area contributed by atoms with Crippen molar-refractivity contribution in [3.8, 4) is 0 Å². The van der Waals surface area contributed by atoms with Gasteiger partial charge in [0.15, 0.2) is 0 Å². The molecule has 0 bridgehead atoms. The van der Waals surface area contributed by atoms with E-state index in [2.05, 4.69) is 5.32 Å². The van der Waals surface area contributed by atoms with Gasteiger partial charge in [0, 0.05) is 19.5 Å². The van der Waals surface area contributed by atoms with Crippen LogP contribution in [0.25, 0.3) is 0 Å². The molecule has 0 fully saturated rings. The highest BCUT2D eigenvalue weighted by Crippen LogP contribution is 2.28. The minimum atomic E-state index is -4.14. The third-order valence-electron chi connectivity index (χ3n) is 7.79. The number of aryl methyl sites for hydroxylation is 3. The van der Waals surface area contributed by atoms with Crippen LogP contribution in [-0.2, 0) is 32.6 Å². The zero-order valence-corrected chi connectivity index (χ0v) is 27.6. The summed E-state index contributed by atoms with van der Waals surface area (Å²) < 4.78 is 29.6. The van der Waals surface area contributed by atoms with E-state index in [4.69, 9.17) is 0 Å². The highest BCUT2D eigenvalue weighted by molar-refractivity contribution is 7.92. The van der Waals surface area contributed by atoms with Crippen LogP contribution in [0.2, 0.25) is 0 Å². The molecule has 0 aliphatic heterocycles. The fraction of sp³-hybridized carbons (Fsp3) is 0.297. The molecule has 4 aromatic rings. The molecule has 8 heteroatoms. The number of hydrogen-bond donors (Lipinski definition) is 1. The van der Waals surface area contributed by atoms with E-state index in [1.165, 1.54) is 16.4 Å². The SMILES string of the molecule is Cc1ccc(N(CC(=O)N(Cc2ccccc2C)[C@@H](Cc2ccccc2)C(=O)NCC(C)C)S(=O)(=O)c2ccccc2)c(C)c1. The van der Waals surface area contributed by atoms with E-state index in [0.717, 1.165) is 27.8 Å². The van der Waals surface area contributed by atoms with Crippen molar-refractivity contribution in [2.45, 2.75) is 58.5 Å². The molecule has 1 N–H and O–H groups in total. The van der Waals surface area contributed by atoms with Gasteiger partial charge < -0.3 is 10.2 Å². The van der Waals surface area contributed by atoms with Crippen LogP contribution < -0.4 is 9.62 Å². The molecule has 236 valence electrons. The molecule has 45 heavy (non-hydrogen) atoms. The van der Waals surface area contributed by atoms with Crippen LogP contribution in [0.1, 0.15) is 41.7 Å². The first kappa shape index (κ1) is 33.5. The summed E-state index contributed by atoms with van der Waals surface area (Å²) in [5.41, 5.74) is 4.86. The lowest BCUT2D eigenvalue weighted by Crippen LogP contribution is -2.54. The van der Waals surface area contributed by atoms with E-state index in [9.17, 15) is 18.0 Å². The molecular formula is C37H43N3O4S. The number of nitrogens with zero attached hydrogens (tertiary/aromatic N) is 2. The molecule has 4 rings (SSSR count). The number of anilines is 1. The van der Waals surface area contributed by atoms with Crippen molar-refractivity contribution >= 4 is 27.5 Å². The summed E-state index contributed by atoms with van der Waals surface area (Å²) in [6.45, 7) is 9.88. The number of carbonyl (C=O) groups is 2. The molecule has 0 saturated carbocycles. The minimum absolute atomic E-state index is 0.0822. The molecule has 0 saturated heterocycles. The predicted molar refractivity (Wildman–Crippen MR) is 180 cm³/mol. The first-order chi connectivity index (χ1) is 21.5. The molecule has 7 nitrogen and oxygen atoms in total. The van der Waals surface area contributed by atoms with Crippen LogP contribution in [-0.4, -0.2) is 44.3 Å². The van der Waals surface area contributed by atoms with Crippen LogP contribution >= 0.6 is 0 Å². The number of nitrogens with one attached hydrogen (secondary N) is 1. The van der Waals surface area contributed by atoms with Crippen molar-refractivity contribution in [1.82, 2.24) is 10.2 Å². The summed E-state index contributed by atoms with van der Waals surface area (Å²) in [4.78, 5) is 30.1. The van der Waals surface area contributed by atoms with E-state index in [-0.39, 0.29) is 29.7 Å². The number of hydrogen-bond acceptors (Lipinski definition) is 4. The molecule has 4 aromatic carbocycles. The normalized spacial score (nSPS) is 12.0. The maximum Gasteiger partial charge on any atom is 0.264 e. The average Bonchev–Trinajstić information content (AvgIpc) is 3.02. The van der Waals surface area contributed by atoms with Crippen molar-refractivity contribution in [2.75, 3.05) is 17.4 Å². The van der Waals surface area contributed by atoms with Gasteiger partial charge in [-0.05, 0) is 67.1 Å². The first-order valence-electron chi connectivity index (χ1n) is 15.3. The Kier molecular flexibility index (Phi) is 11.2. The monoisotopic (exact) mass is 625 g/mol. The second kappa shape index (κ2) is 15.0. The second-order valence-electron chi connectivity index (χ2n) is 11.9. The van der Waals surface area contributed by atoms with Crippen LogP contribution in [0, 0.1) is 26.7 Å². The average molecular weight is 626 g/mol. The van der Waals surface area contributed by atoms with Crippen molar-refractivity contribution in [2.24, 2.45) is 5.92 Å². The summed E-state index contributed by atoms with van der Waals surface area (Å²) in [6, 6.07) is 30.0. The third kappa shape index (κ3) is 8.60. The summed E-state index contributed by atoms with van der Waals surface area (Å²) in [6.07, 6.45) is 0.275. The van der Waals surface area contributed by atoms with Crippen molar-refractivity contribution < 1.29 is 18.0 Å². The summed E-state index contributed by atoms with van der Waals surface area (Å²) >= 11 is 0. The number of carbonyl (C=O) groups excluding carboxylic acids is 2. The van der Waals surface area contributed by atoms with Gasteiger partial charge in [-0.25, -0.2) is 8.42 Å². The van der Waals surface area contributed by atoms with Gasteiger partial charge in [-0.1, -0.05) is 104 Å². The fourth-order valence-corrected chi connectivity index (χ4v) is 6.77. The van der Waals surface area contributed by atoms with Gasteiger partial charge in [-0.15, -0.1) is 0 Å². The second-order valence-corrected chi connectivity index (χ2v) is 13.8. The Balaban J connectivity index is 1.82. The zero-order valence-electron chi connectivity index (χ0n) is 26.7. The minimum Gasteiger partial charge on any atom is -0.354 e. The summed E-state index contributed by atoms with van der Waals surface area (Å²) in [5, 5.41) is 3.03. The molecule has 0 unspecified atom stereocenters. The number of rotatable bonds is 13. The molecular weight excluding hydrogens is 582 g/mol. The van der Waals surface area contributed by atoms with Gasteiger partial charge in [0.1, 0.15) is 12.6 Å². The fourth-order valence-electron chi connectivity index (χ4n) is 5.27. The Labute approximate surface area is 268 Å². The molecule has 2 amide bonds. The van der Waals surface area contributed by atoms with E-state index in [0.29, 0.717) is 12.2 Å². The van der Waals surface area contributed by atoms with E-state index >= 15 is 0 Å². The van der Waals surface area contributed by atoms with Gasteiger partial charge in [-0.2, -0.15) is 0 Å². The molecule has 0 spiro atoms. The molecule has 0 aliphatic carbocycles. The quantitative estimate of drug-likeness (QED) is 0.191. The van der Waals surface area contributed by atoms with Crippen LogP contribution in [0.15, 0.2) is 108 Å². The van der Waals surface area contributed by atoms with Crippen LogP contribution in [0.4, 0.5) is 5.69 Å². The Morgan fingerprint density at radius 1 is 0.778 bits per heavy atom. The maximum atomic E-state index is 14.6. The highest BCUT2D eigenvalue weighted by atomic mass is 32.2. The topological polar surface area (TPSA) is 86.8 Å². The van der Waals surface area contributed by atoms with Gasteiger partial charge in [0.25, 0.3) is 10.0 Å². The summed E-state index contributed by atoms with van der Waals surface area (Å²) in [5.74, 6) is -0.542. The Bertz CT molecular complexity index is 1710. The number of sulfonamides is 1. The number of amides is 2. The van der Waals surface area contributed by atoms with E-state index in [1.54, 1.807) is 29.2 Å². The molecule has 0 heterocycles. The maximum absolute atomic E-state index is 14.6. The molecule has 1 atom stereocenters. The standard InChI is InChI=1S/C37H43N3O4S/c1-27(2)24-38-37(42)35(23-31-15-8-6-9-16-31)39(25-32-17-13-12-14-29(32)4)36(41)26-40(34-21-20-28(3)22-30(34)5)45(43,44)33-18-10-7-11-19-33/h6-22,27,35H,23-26H2,1-5H3,(H,38,42)/t35-/m0/s1. The zero-order chi connectivity index (χ0) is 32.6. The lowest BCUT2D eigenvalue weighted by atomic mass is 10.0. The van der Waals surface area contributed by atoms with Gasteiger partial charge in [0.05, 0.1) is 10.6 Å². The van der Waals surface area contributed by atoms with Crippen molar-refractivity contribution in [3.05, 3.63) is 131 Å². The predicted octanol–water partition coefficient (Wildman–Crippen LogP) is 6.22. The molecule has 0 radical (unpaired) electrons. The first-order valence-corrected chi connectivity index (χ1v) is 16.7. The Morgan fingerprint density at radius 2 is 1.40 bits per heavy atom. The Morgan fingerprint density at radius 3 is 2.02 bits per heavy atom. The lowest BCUT2D eigenvalue weighted by molar-refractivity contribution is -0.140. The van der Waals surface area contributed by atoms with Crippen LogP contribution in [0.3, 0.4) is 0 Å². The van der Waals surface area contributed by atoms with Gasteiger partial charge >= 0.3 is 0 Å². The number of benzene rings is 4. The largest absolute Gasteiger partial charge is 0.354 e. The highest BCUT2D eigenvalue weighted by Gasteiger charge is 2.35. The van der Waals surface area contributed by atoms with Crippen molar-refractivity contribution in [1.29, 1.82) is 0 Å². The lowest BCUT2D eigenvalue weighted by Gasteiger charge is -2.34. The third-order valence-corrected chi connectivity index (χ3v) is 9.56. The van der Waals surface area contributed by atoms with Gasteiger partial charge in [-0.3, -0.25) is 13.9 Å². The van der Waals surface area contributed by atoms with E-state index in [1.807, 2.05) is 101 Å². The molecule has 0 aliphatic rings. The van der Waals surface area contributed by atoms with Gasteiger partial charge in [0.2, 0.25) is 11.8 Å². The van der Waals surface area contributed by atoms with Crippen LogP contribution in [0.5, 0.6) is 0 Å². The molecule has 0 aromatic heterocycles. The van der Waals surface area contributed by atoms with E-state index < -0.39 is 28.5 Å². The smallest absolute Gasteiger partial charge is 0.264 e.